The van der Waals surface area contributed by atoms with Crippen LogP contribution in [0.2, 0.25) is 0 Å². The summed E-state index contributed by atoms with van der Waals surface area (Å²) < 4.78 is 0. The van der Waals surface area contributed by atoms with E-state index < -0.39 is 4.92 Å². The molecule has 1 aromatic carbocycles. The lowest BCUT2D eigenvalue weighted by atomic mass is 10.0. The molecule has 0 heterocycles. The summed E-state index contributed by atoms with van der Waals surface area (Å²) in [5.74, 6) is -0.264. The standard InChI is InChI=1S/C12H16N2O4/c1-8(7-15)13-12(16)6-10-4-3-5-11(9(10)2)14(17)18/h3-5,8,15H,6-7H2,1-2H3,(H,13,16). The number of hydrogen-bond acceptors (Lipinski definition) is 4. The van der Waals surface area contributed by atoms with Gasteiger partial charge < -0.3 is 10.4 Å². The molecule has 0 aliphatic carbocycles. The highest BCUT2D eigenvalue weighted by atomic mass is 16.6. The van der Waals surface area contributed by atoms with Crippen molar-refractivity contribution in [2.75, 3.05) is 6.61 Å². The highest BCUT2D eigenvalue weighted by molar-refractivity contribution is 5.79. The molecule has 6 nitrogen and oxygen atoms in total. The van der Waals surface area contributed by atoms with Gasteiger partial charge in [0.05, 0.1) is 18.0 Å². The summed E-state index contributed by atoms with van der Waals surface area (Å²) in [6.45, 7) is 3.16. The first-order chi connectivity index (χ1) is 8.45. The van der Waals surface area contributed by atoms with Gasteiger partial charge in [-0.2, -0.15) is 0 Å². The number of carbonyl (C=O) groups excluding carboxylic acids is 1. The number of aliphatic hydroxyl groups is 1. The first kappa shape index (κ1) is 14.1. The monoisotopic (exact) mass is 252 g/mol. The largest absolute Gasteiger partial charge is 0.394 e. The van der Waals surface area contributed by atoms with Crippen LogP contribution >= 0.6 is 0 Å². The minimum absolute atomic E-state index is 0.00973. The molecule has 1 aromatic rings. The van der Waals surface area contributed by atoms with Gasteiger partial charge in [0.2, 0.25) is 5.91 Å². The van der Waals surface area contributed by atoms with Crippen molar-refractivity contribution in [3.8, 4) is 0 Å². The number of hydrogen-bond donors (Lipinski definition) is 2. The smallest absolute Gasteiger partial charge is 0.272 e. The first-order valence-corrected chi connectivity index (χ1v) is 5.58. The van der Waals surface area contributed by atoms with E-state index in [1.54, 1.807) is 26.0 Å². The number of nitrogens with one attached hydrogen (secondary N) is 1. The quantitative estimate of drug-likeness (QED) is 0.602. The van der Waals surface area contributed by atoms with Crippen LogP contribution in [0.15, 0.2) is 18.2 Å². The van der Waals surface area contributed by atoms with Crippen LogP contribution < -0.4 is 5.32 Å². The number of carbonyl (C=O) groups is 1. The van der Waals surface area contributed by atoms with E-state index in [0.29, 0.717) is 11.1 Å². The number of rotatable bonds is 5. The van der Waals surface area contributed by atoms with Crippen LogP contribution in [0.5, 0.6) is 0 Å². The number of nitro benzene ring substituents is 1. The molecule has 0 fully saturated rings. The van der Waals surface area contributed by atoms with E-state index in [0.717, 1.165) is 0 Å². The molecule has 0 bridgehead atoms. The van der Waals surface area contributed by atoms with Gasteiger partial charge >= 0.3 is 0 Å². The Kier molecular flexibility index (Phi) is 4.79. The molecule has 0 aliphatic heterocycles. The molecule has 1 unspecified atom stereocenters. The molecule has 0 radical (unpaired) electrons. The van der Waals surface area contributed by atoms with Crippen molar-refractivity contribution < 1.29 is 14.8 Å². The van der Waals surface area contributed by atoms with Crippen molar-refractivity contribution >= 4 is 11.6 Å². The first-order valence-electron chi connectivity index (χ1n) is 5.58. The van der Waals surface area contributed by atoms with Gasteiger partial charge in [-0.15, -0.1) is 0 Å². The number of nitrogens with zero attached hydrogens (tertiary/aromatic N) is 1. The average Bonchev–Trinajstić information content (AvgIpc) is 2.31. The van der Waals surface area contributed by atoms with Crippen molar-refractivity contribution in [2.24, 2.45) is 0 Å². The van der Waals surface area contributed by atoms with Crippen LogP contribution in [-0.2, 0) is 11.2 Å². The zero-order chi connectivity index (χ0) is 13.7. The highest BCUT2D eigenvalue weighted by Crippen LogP contribution is 2.21. The Morgan fingerprint density at radius 2 is 2.22 bits per heavy atom. The minimum atomic E-state index is -0.465. The topological polar surface area (TPSA) is 92.5 Å². The molecule has 0 aliphatic rings. The average molecular weight is 252 g/mol. The minimum Gasteiger partial charge on any atom is -0.394 e. The molecule has 6 heteroatoms. The van der Waals surface area contributed by atoms with Gasteiger partial charge in [0.1, 0.15) is 0 Å². The third-order valence-corrected chi connectivity index (χ3v) is 2.65. The lowest BCUT2D eigenvalue weighted by molar-refractivity contribution is -0.385. The Balaban J connectivity index is 2.82. The zero-order valence-corrected chi connectivity index (χ0v) is 10.3. The van der Waals surface area contributed by atoms with Crippen LogP contribution in [0, 0.1) is 17.0 Å². The van der Waals surface area contributed by atoms with E-state index in [1.807, 2.05) is 0 Å². The number of aliphatic hydroxyl groups excluding tert-OH is 1. The van der Waals surface area contributed by atoms with Gasteiger partial charge in [-0.3, -0.25) is 14.9 Å². The summed E-state index contributed by atoms with van der Waals surface area (Å²) in [5, 5.41) is 22.2. The summed E-state index contributed by atoms with van der Waals surface area (Å²) in [6.07, 6.45) is 0.0673. The molecule has 1 atom stereocenters. The summed E-state index contributed by atoms with van der Waals surface area (Å²) in [6, 6.07) is 4.33. The van der Waals surface area contributed by atoms with Crippen molar-refractivity contribution in [3.63, 3.8) is 0 Å². The summed E-state index contributed by atoms with van der Waals surface area (Å²) >= 11 is 0. The number of benzene rings is 1. The van der Waals surface area contributed by atoms with Gasteiger partial charge in [-0.25, -0.2) is 0 Å². The zero-order valence-electron chi connectivity index (χ0n) is 10.3. The Morgan fingerprint density at radius 3 is 2.78 bits per heavy atom. The predicted octanol–water partition coefficient (Wildman–Crippen LogP) is 0.943. The van der Waals surface area contributed by atoms with E-state index in [-0.39, 0.29) is 30.7 Å². The van der Waals surface area contributed by atoms with Gasteiger partial charge in [-0.1, -0.05) is 12.1 Å². The molecule has 18 heavy (non-hydrogen) atoms. The third-order valence-electron chi connectivity index (χ3n) is 2.65. The molecule has 0 saturated carbocycles. The number of amides is 1. The van der Waals surface area contributed by atoms with Crippen LogP contribution in [0.25, 0.3) is 0 Å². The van der Waals surface area contributed by atoms with Crippen molar-refractivity contribution in [3.05, 3.63) is 39.4 Å². The van der Waals surface area contributed by atoms with Crippen LogP contribution in [0.3, 0.4) is 0 Å². The fraction of sp³-hybridized carbons (Fsp3) is 0.417. The van der Waals surface area contributed by atoms with Crippen LogP contribution in [0.4, 0.5) is 5.69 Å². The fourth-order valence-corrected chi connectivity index (χ4v) is 1.60. The molecule has 0 saturated heterocycles. The Labute approximate surface area is 105 Å². The summed E-state index contributed by atoms with van der Waals surface area (Å²) in [7, 11) is 0. The van der Waals surface area contributed by atoms with Gasteiger partial charge in [0.15, 0.2) is 0 Å². The Morgan fingerprint density at radius 1 is 1.56 bits per heavy atom. The van der Waals surface area contributed by atoms with Crippen molar-refractivity contribution in [1.82, 2.24) is 5.32 Å². The second-order valence-electron chi connectivity index (χ2n) is 4.15. The SMILES string of the molecule is Cc1c(CC(=O)NC(C)CO)cccc1[N+](=O)[O-]. The molecule has 98 valence electrons. The number of nitro groups is 1. The van der Waals surface area contributed by atoms with Crippen molar-refractivity contribution in [2.45, 2.75) is 26.3 Å². The van der Waals surface area contributed by atoms with Crippen LogP contribution in [0.1, 0.15) is 18.1 Å². The Bertz CT molecular complexity index is 459. The van der Waals surface area contributed by atoms with Gasteiger partial charge in [0, 0.05) is 17.7 Å². The lowest BCUT2D eigenvalue weighted by Gasteiger charge is -2.11. The van der Waals surface area contributed by atoms with Gasteiger partial charge in [0.25, 0.3) is 5.69 Å². The predicted molar refractivity (Wildman–Crippen MR) is 66.2 cm³/mol. The molecule has 0 aromatic heterocycles. The van der Waals surface area contributed by atoms with Crippen molar-refractivity contribution in [1.29, 1.82) is 0 Å². The maximum Gasteiger partial charge on any atom is 0.272 e. The maximum atomic E-state index is 11.6. The molecule has 2 N–H and O–H groups in total. The van der Waals surface area contributed by atoms with E-state index >= 15 is 0 Å². The lowest BCUT2D eigenvalue weighted by Crippen LogP contribution is -2.36. The fourth-order valence-electron chi connectivity index (χ4n) is 1.60. The van der Waals surface area contributed by atoms with E-state index in [9.17, 15) is 14.9 Å². The second-order valence-corrected chi connectivity index (χ2v) is 4.15. The van der Waals surface area contributed by atoms with E-state index in [4.69, 9.17) is 5.11 Å². The third kappa shape index (κ3) is 3.53. The molecule has 0 spiro atoms. The van der Waals surface area contributed by atoms with E-state index in [2.05, 4.69) is 5.32 Å². The van der Waals surface area contributed by atoms with E-state index in [1.165, 1.54) is 6.07 Å². The second kappa shape index (κ2) is 6.11. The van der Waals surface area contributed by atoms with Gasteiger partial charge in [-0.05, 0) is 19.4 Å². The summed E-state index contributed by atoms with van der Waals surface area (Å²) in [4.78, 5) is 21.9. The Hall–Kier alpha value is -1.95. The summed E-state index contributed by atoms with van der Waals surface area (Å²) in [5.41, 5.74) is 1.12. The molecule has 1 amide bonds. The normalized spacial score (nSPS) is 11.9. The van der Waals surface area contributed by atoms with Crippen LogP contribution in [-0.4, -0.2) is 28.6 Å². The molecular weight excluding hydrogens is 236 g/mol. The maximum absolute atomic E-state index is 11.6. The highest BCUT2D eigenvalue weighted by Gasteiger charge is 2.15. The molecule has 1 rings (SSSR count). The molecular formula is C12H16N2O4.